The van der Waals surface area contributed by atoms with E-state index in [0.717, 1.165) is 17.1 Å². The van der Waals surface area contributed by atoms with Gasteiger partial charge in [0.1, 0.15) is 5.82 Å². The lowest BCUT2D eigenvalue weighted by molar-refractivity contribution is 0.948. The van der Waals surface area contributed by atoms with E-state index in [9.17, 15) is 0 Å². The predicted molar refractivity (Wildman–Crippen MR) is 66.6 cm³/mol. The molecule has 1 heterocycles. The van der Waals surface area contributed by atoms with E-state index in [0.29, 0.717) is 12.3 Å². The van der Waals surface area contributed by atoms with Crippen LogP contribution >= 0.6 is 11.6 Å². The first-order valence-electron chi connectivity index (χ1n) is 5.24. The fraction of sp³-hybridized carbons (Fsp3) is 0.231. The zero-order valence-electron chi connectivity index (χ0n) is 9.15. The summed E-state index contributed by atoms with van der Waals surface area (Å²) in [4.78, 5) is 8.66. The monoisotopic (exact) mass is 232 g/mol. The van der Waals surface area contributed by atoms with Crippen molar-refractivity contribution < 1.29 is 0 Å². The number of nitrogens with zero attached hydrogens (tertiary/aromatic N) is 2. The lowest BCUT2D eigenvalue weighted by Crippen LogP contribution is -1.97. The van der Waals surface area contributed by atoms with Crippen molar-refractivity contribution in [3.63, 3.8) is 0 Å². The average Bonchev–Trinajstić information content (AvgIpc) is 2.30. The maximum atomic E-state index is 5.68. The van der Waals surface area contributed by atoms with Crippen molar-refractivity contribution in [3.8, 4) is 11.3 Å². The van der Waals surface area contributed by atoms with Crippen molar-refractivity contribution in [2.45, 2.75) is 13.3 Å². The molecule has 0 saturated carbocycles. The number of aryl methyl sites for hydroxylation is 2. The van der Waals surface area contributed by atoms with Crippen molar-refractivity contribution in [3.05, 3.63) is 47.9 Å². The molecule has 2 nitrogen and oxygen atoms in total. The molecule has 0 spiro atoms. The van der Waals surface area contributed by atoms with Gasteiger partial charge in [-0.15, -0.1) is 11.6 Å². The molecule has 0 N–H and O–H groups in total. The summed E-state index contributed by atoms with van der Waals surface area (Å²) in [6.45, 7) is 2.07. The molecule has 16 heavy (non-hydrogen) atoms. The standard InChI is InChI=1S/C13H13ClN2/c1-10-3-2-4-11(9-10)12-6-8-15-13(16-12)5-7-14/h2-4,6,8-9H,5,7H2,1H3. The summed E-state index contributed by atoms with van der Waals surface area (Å²) >= 11 is 5.68. The van der Waals surface area contributed by atoms with Crippen LogP contribution in [-0.2, 0) is 6.42 Å². The van der Waals surface area contributed by atoms with Crippen molar-refractivity contribution in [2.75, 3.05) is 5.88 Å². The Bertz CT molecular complexity index is 483. The number of alkyl halides is 1. The van der Waals surface area contributed by atoms with E-state index in [-0.39, 0.29) is 0 Å². The summed E-state index contributed by atoms with van der Waals surface area (Å²) in [5.41, 5.74) is 3.31. The molecule has 1 aromatic heterocycles. The molecule has 0 aliphatic carbocycles. The zero-order valence-corrected chi connectivity index (χ0v) is 9.91. The Morgan fingerprint density at radius 2 is 2.12 bits per heavy atom. The van der Waals surface area contributed by atoms with Gasteiger partial charge in [-0.05, 0) is 19.1 Å². The lowest BCUT2D eigenvalue weighted by Gasteiger charge is -2.03. The molecule has 0 radical (unpaired) electrons. The second-order valence-corrected chi connectivity index (χ2v) is 4.04. The van der Waals surface area contributed by atoms with Gasteiger partial charge in [-0.25, -0.2) is 9.97 Å². The van der Waals surface area contributed by atoms with Crippen molar-refractivity contribution in [1.82, 2.24) is 9.97 Å². The zero-order chi connectivity index (χ0) is 11.4. The second-order valence-electron chi connectivity index (χ2n) is 3.67. The maximum Gasteiger partial charge on any atom is 0.130 e. The third-order valence-corrected chi connectivity index (χ3v) is 2.53. The number of aromatic nitrogens is 2. The van der Waals surface area contributed by atoms with Gasteiger partial charge in [-0.2, -0.15) is 0 Å². The van der Waals surface area contributed by atoms with E-state index in [1.165, 1.54) is 5.56 Å². The highest BCUT2D eigenvalue weighted by atomic mass is 35.5. The fourth-order valence-electron chi connectivity index (χ4n) is 1.57. The quantitative estimate of drug-likeness (QED) is 0.760. The topological polar surface area (TPSA) is 25.8 Å². The largest absolute Gasteiger partial charge is 0.241 e. The van der Waals surface area contributed by atoms with Crippen LogP contribution in [0.25, 0.3) is 11.3 Å². The van der Waals surface area contributed by atoms with E-state index >= 15 is 0 Å². The summed E-state index contributed by atoms with van der Waals surface area (Å²) in [7, 11) is 0. The van der Waals surface area contributed by atoms with Crippen molar-refractivity contribution in [1.29, 1.82) is 0 Å². The molecule has 3 heteroatoms. The van der Waals surface area contributed by atoms with Gasteiger partial charge in [0.25, 0.3) is 0 Å². The summed E-state index contributed by atoms with van der Waals surface area (Å²) < 4.78 is 0. The minimum absolute atomic E-state index is 0.553. The number of rotatable bonds is 3. The fourth-order valence-corrected chi connectivity index (χ4v) is 1.74. The van der Waals surface area contributed by atoms with Gasteiger partial charge < -0.3 is 0 Å². The Kier molecular flexibility index (Phi) is 3.52. The van der Waals surface area contributed by atoms with Crippen LogP contribution in [-0.4, -0.2) is 15.8 Å². The minimum Gasteiger partial charge on any atom is -0.241 e. The molecule has 2 aromatic rings. The summed E-state index contributed by atoms with van der Waals surface area (Å²) in [6, 6.07) is 10.2. The molecule has 1 aromatic carbocycles. The molecule has 0 fully saturated rings. The first-order chi connectivity index (χ1) is 7.79. The normalized spacial score (nSPS) is 10.4. The molecule has 2 rings (SSSR count). The van der Waals surface area contributed by atoms with Gasteiger partial charge in [0.05, 0.1) is 5.69 Å². The number of benzene rings is 1. The van der Waals surface area contributed by atoms with E-state index < -0.39 is 0 Å². The molecule has 0 aliphatic rings. The number of hydrogen-bond acceptors (Lipinski definition) is 2. The molecule has 0 amide bonds. The van der Waals surface area contributed by atoms with Crippen LogP contribution in [0, 0.1) is 6.92 Å². The summed E-state index contributed by atoms with van der Waals surface area (Å²) in [5, 5.41) is 0. The molecule has 0 atom stereocenters. The SMILES string of the molecule is Cc1cccc(-c2ccnc(CCCl)n2)c1. The van der Waals surface area contributed by atoms with Gasteiger partial charge in [0, 0.05) is 24.1 Å². The van der Waals surface area contributed by atoms with Gasteiger partial charge in [-0.3, -0.25) is 0 Å². The molecule has 82 valence electrons. The number of halogens is 1. The highest BCUT2D eigenvalue weighted by Gasteiger charge is 2.01. The lowest BCUT2D eigenvalue weighted by atomic mass is 10.1. The smallest absolute Gasteiger partial charge is 0.130 e. The highest BCUT2D eigenvalue weighted by molar-refractivity contribution is 6.17. The Labute approximate surface area is 100 Å². The first kappa shape index (κ1) is 11.1. The van der Waals surface area contributed by atoms with Crippen LogP contribution in [0.5, 0.6) is 0 Å². The average molecular weight is 233 g/mol. The first-order valence-corrected chi connectivity index (χ1v) is 5.78. The predicted octanol–water partition coefficient (Wildman–Crippen LogP) is 3.23. The molecule has 0 unspecified atom stereocenters. The molecular weight excluding hydrogens is 220 g/mol. The third kappa shape index (κ3) is 2.58. The molecular formula is C13H13ClN2. The van der Waals surface area contributed by atoms with E-state index in [4.69, 9.17) is 11.6 Å². The van der Waals surface area contributed by atoms with Crippen LogP contribution in [0.15, 0.2) is 36.5 Å². The van der Waals surface area contributed by atoms with Crippen LogP contribution in [0.4, 0.5) is 0 Å². The van der Waals surface area contributed by atoms with E-state index in [2.05, 4.69) is 35.1 Å². The van der Waals surface area contributed by atoms with Crippen LogP contribution in [0.2, 0.25) is 0 Å². The van der Waals surface area contributed by atoms with E-state index in [1.807, 2.05) is 12.1 Å². The molecule has 0 saturated heterocycles. The number of hydrogen-bond donors (Lipinski definition) is 0. The third-order valence-electron chi connectivity index (χ3n) is 2.34. The Morgan fingerprint density at radius 1 is 1.25 bits per heavy atom. The Balaban J connectivity index is 2.36. The van der Waals surface area contributed by atoms with Gasteiger partial charge in [-0.1, -0.05) is 23.8 Å². The highest BCUT2D eigenvalue weighted by Crippen LogP contribution is 2.17. The van der Waals surface area contributed by atoms with Crippen LogP contribution in [0.1, 0.15) is 11.4 Å². The minimum atomic E-state index is 0.553. The molecule has 0 bridgehead atoms. The molecule has 0 aliphatic heterocycles. The Morgan fingerprint density at radius 3 is 2.88 bits per heavy atom. The van der Waals surface area contributed by atoms with E-state index in [1.54, 1.807) is 6.20 Å². The second kappa shape index (κ2) is 5.08. The Hall–Kier alpha value is -1.41. The summed E-state index contributed by atoms with van der Waals surface area (Å²) in [5.74, 6) is 1.35. The summed E-state index contributed by atoms with van der Waals surface area (Å²) in [6.07, 6.45) is 2.49. The van der Waals surface area contributed by atoms with Crippen molar-refractivity contribution >= 4 is 11.6 Å². The van der Waals surface area contributed by atoms with Gasteiger partial charge in [0.2, 0.25) is 0 Å². The van der Waals surface area contributed by atoms with Gasteiger partial charge in [0.15, 0.2) is 0 Å². The van der Waals surface area contributed by atoms with Crippen molar-refractivity contribution in [2.24, 2.45) is 0 Å². The van der Waals surface area contributed by atoms with Crippen LogP contribution < -0.4 is 0 Å². The maximum absolute atomic E-state index is 5.68. The van der Waals surface area contributed by atoms with Gasteiger partial charge >= 0.3 is 0 Å². The van der Waals surface area contributed by atoms with Crippen LogP contribution in [0.3, 0.4) is 0 Å².